The summed E-state index contributed by atoms with van der Waals surface area (Å²) in [5, 5.41) is 3.38. The third-order valence-electron chi connectivity index (χ3n) is 3.12. The van der Waals surface area contributed by atoms with Crippen molar-refractivity contribution in [1.82, 2.24) is 10.2 Å². The number of hydrogen-bond donors (Lipinski definition) is 1. The van der Waals surface area contributed by atoms with E-state index in [9.17, 15) is 9.18 Å². The second-order valence-corrected chi connectivity index (χ2v) is 5.53. The van der Waals surface area contributed by atoms with Gasteiger partial charge in [0.2, 0.25) is 0 Å². The maximum atomic E-state index is 13.7. The SMILES string of the molecule is CN[C@H]1CCN(C(=O)c2cc(Br)c(Cl)cc2F)C1. The average molecular weight is 336 g/mol. The van der Waals surface area contributed by atoms with E-state index >= 15 is 0 Å². The summed E-state index contributed by atoms with van der Waals surface area (Å²) in [5.74, 6) is -0.872. The van der Waals surface area contributed by atoms with Gasteiger partial charge in [0.15, 0.2) is 0 Å². The second kappa shape index (κ2) is 5.55. The molecule has 0 unspecified atom stereocenters. The molecule has 1 atom stereocenters. The molecule has 0 bridgehead atoms. The van der Waals surface area contributed by atoms with Crippen LogP contribution in [0.15, 0.2) is 16.6 Å². The Morgan fingerprint density at radius 1 is 1.61 bits per heavy atom. The van der Waals surface area contributed by atoms with Crippen molar-refractivity contribution in [3.8, 4) is 0 Å². The van der Waals surface area contributed by atoms with Gasteiger partial charge in [-0.15, -0.1) is 0 Å². The van der Waals surface area contributed by atoms with Gasteiger partial charge in [0.1, 0.15) is 5.82 Å². The predicted octanol–water partition coefficient (Wildman–Crippen LogP) is 2.68. The number of carbonyl (C=O) groups excluding carboxylic acids is 1. The normalized spacial score (nSPS) is 19.3. The van der Waals surface area contributed by atoms with Crippen LogP contribution in [0.1, 0.15) is 16.8 Å². The summed E-state index contributed by atoms with van der Waals surface area (Å²) in [6, 6.07) is 2.88. The number of likely N-dealkylation sites (tertiary alicyclic amines) is 1. The van der Waals surface area contributed by atoms with E-state index in [0.29, 0.717) is 17.6 Å². The third kappa shape index (κ3) is 2.68. The molecule has 1 saturated heterocycles. The molecule has 1 aromatic carbocycles. The molecule has 1 aromatic rings. The highest BCUT2D eigenvalue weighted by Gasteiger charge is 2.27. The molecule has 0 aromatic heterocycles. The summed E-state index contributed by atoms with van der Waals surface area (Å²) < 4.78 is 14.3. The van der Waals surface area contributed by atoms with Crippen LogP contribution in [0, 0.1) is 5.82 Å². The number of nitrogens with one attached hydrogen (secondary N) is 1. The summed E-state index contributed by atoms with van der Waals surface area (Å²) in [6.07, 6.45) is 0.888. The topological polar surface area (TPSA) is 32.3 Å². The third-order valence-corrected chi connectivity index (χ3v) is 4.32. The molecule has 1 amide bonds. The van der Waals surface area contributed by atoms with Crippen LogP contribution in [0.2, 0.25) is 5.02 Å². The van der Waals surface area contributed by atoms with E-state index in [1.54, 1.807) is 4.90 Å². The molecular weight excluding hydrogens is 322 g/mol. The lowest BCUT2D eigenvalue weighted by Gasteiger charge is -2.17. The van der Waals surface area contributed by atoms with Crippen molar-refractivity contribution in [2.45, 2.75) is 12.5 Å². The van der Waals surface area contributed by atoms with E-state index in [1.165, 1.54) is 6.07 Å². The molecule has 0 radical (unpaired) electrons. The highest BCUT2D eigenvalue weighted by atomic mass is 79.9. The fourth-order valence-electron chi connectivity index (χ4n) is 2.04. The van der Waals surface area contributed by atoms with Crippen molar-refractivity contribution in [1.29, 1.82) is 0 Å². The van der Waals surface area contributed by atoms with Crippen molar-refractivity contribution in [3.05, 3.63) is 33.0 Å². The molecule has 98 valence electrons. The Morgan fingerprint density at radius 3 is 2.94 bits per heavy atom. The van der Waals surface area contributed by atoms with Crippen LogP contribution in [-0.2, 0) is 0 Å². The minimum Gasteiger partial charge on any atom is -0.337 e. The second-order valence-electron chi connectivity index (χ2n) is 4.27. The van der Waals surface area contributed by atoms with Crippen molar-refractivity contribution in [2.24, 2.45) is 0 Å². The quantitative estimate of drug-likeness (QED) is 0.843. The molecule has 6 heteroatoms. The Labute approximate surface area is 118 Å². The first kappa shape index (κ1) is 13.8. The maximum Gasteiger partial charge on any atom is 0.256 e. The van der Waals surface area contributed by atoms with Gasteiger partial charge < -0.3 is 10.2 Å². The minimum absolute atomic E-state index is 0.0584. The molecule has 0 aliphatic carbocycles. The molecule has 1 aliphatic rings. The van der Waals surface area contributed by atoms with Gasteiger partial charge >= 0.3 is 0 Å². The maximum absolute atomic E-state index is 13.7. The zero-order chi connectivity index (χ0) is 13.3. The first-order valence-corrected chi connectivity index (χ1v) is 6.81. The fourth-order valence-corrected chi connectivity index (χ4v) is 2.53. The molecule has 18 heavy (non-hydrogen) atoms. The van der Waals surface area contributed by atoms with Crippen LogP contribution >= 0.6 is 27.5 Å². The number of benzene rings is 1. The Balaban J connectivity index is 2.22. The Bertz CT molecular complexity index is 483. The van der Waals surface area contributed by atoms with Crippen molar-refractivity contribution in [2.75, 3.05) is 20.1 Å². The van der Waals surface area contributed by atoms with Gasteiger partial charge in [-0.25, -0.2) is 4.39 Å². The minimum atomic E-state index is -0.582. The molecule has 1 heterocycles. The van der Waals surface area contributed by atoms with Crippen molar-refractivity contribution in [3.63, 3.8) is 0 Å². The molecule has 0 saturated carbocycles. The van der Waals surface area contributed by atoms with Crippen LogP contribution in [0.5, 0.6) is 0 Å². The first-order chi connectivity index (χ1) is 8.52. The summed E-state index contributed by atoms with van der Waals surface area (Å²) in [7, 11) is 1.86. The lowest BCUT2D eigenvalue weighted by atomic mass is 10.2. The molecule has 1 aliphatic heterocycles. The standard InChI is InChI=1S/C12H13BrClFN2O/c1-16-7-2-3-17(6-7)12(18)8-4-9(13)10(14)5-11(8)15/h4-5,7,16H,2-3,6H2,1H3/t7-/m0/s1. The van der Waals surface area contributed by atoms with Gasteiger partial charge in [-0.05, 0) is 41.5 Å². The van der Waals surface area contributed by atoms with E-state index in [0.717, 1.165) is 12.5 Å². The Hall–Kier alpha value is -0.650. The monoisotopic (exact) mass is 334 g/mol. The number of likely N-dealkylation sites (N-methyl/N-ethyl adjacent to an activating group) is 1. The van der Waals surface area contributed by atoms with Crippen LogP contribution in [-0.4, -0.2) is 37.0 Å². The van der Waals surface area contributed by atoms with Crippen LogP contribution in [0.25, 0.3) is 0 Å². The molecular formula is C12H13BrClFN2O. The highest BCUT2D eigenvalue weighted by molar-refractivity contribution is 9.10. The summed E-state index contributed by atoms with van der Waals surface area (Å²) in [5.41, 5.74) is 0.0584. The molecule has 3 nitrogen and oxygen atoms in total. The van der Waals surface area contributed by atoms with Crippen molar-refractivity contribution < 1.29 is 9.18 Å². The first-order valence-electron chi connectivity index (χ1n) is 5.64. The average Bonchev–Trinajstić information content (AvgIpc) is 2.81. The number of hydrogen-bond acceptors (Lipinski definition) is 2. The van der Waals surface area contributed by atoms with Crippen LogP contribution in [0.4, 0.5) is 4.39 Å². The fraction of sp³-hybridized carbons (Fsp3) is 0.417. The number of nitrogens with zero attached hydrogens (tertiary/aromatic N) is 1. The summed E-state index contributed by atoms with van der Waals surface area (Å²) >= 11 is 8.98. The highest BCUT2D eigenvalue weighted by Crippen LogP contribution is 2.27. The number of amides is 1. The van der Waals surface area contributed by atoms with E-state index < -0.39 is 5.82 Å². The van der Waals surface area contributed by atoms with Gasteiger partial charge in [0, 0.05) is 23.6 Å². The van der Waals surface area contributed by atoms with Gasteiger partial charge in [-0.1, -0.05) is 11.6 Å². The largest absolute Gasteiger partial charge is 0.337 e. The number of carbonyl (C=O) groups is 1. The Morgan fingerprint density at radius 2 is 2.33 bits per heavy atom. The van der Waals surface area contributed by atoms with Crippen molar-refractivity contribution >= 4 is 33.4 Å². The lowest BCUT2D eigenvalue weighted by Crippen LogP contribution is -2.33. The van der Waals surface area contributed by atoms with Gasteiger partial charge in [0.05, 0.1) is 10.6 Å². The predicted molar refractivity (Wildman–Crippen MR) is 72.5 cm³/mol. The Kier molecular flexibility index (Phi) is 4.25. The van der Waals surface area contributed by atoms with Crippen LogP contribution in [0.3, 0.4) is 0 Å². The van der Waals surface area contributed by atoms with Gasteiger partial charge in [-0.2, -0.15) is 0 Å². The van der Waals surface area contributed by atoms with E-state index in [2.05, 4.69) is 21.2 Å². The van der Waals surface area contributed by atoms with Gasteiger partial charge in [0.25, 0.3) is 5.91 Å². The molecule has 0 spiro atoms. The van der Waals surface area contributed by atoms with Gasteiger partial charge in [-0.3, -0.25) is 4.79 Å². The zero-order valence-corrected chi connectivity index (χ0v) is 12.2. The summed E-state index contributed by atoms with van der Waals surface area (Å²) in [6.45, 7) is 1.25. The molecule has 2 rings (SSSR count). The molecule has 1 fully saturated rings. The molecule has 1 N–H and O–H groups in total. The number of rotatable bonds is 2. The lowest BCUT2D eigenvalue weighted by molar-refractivity contribution is 0.0785. The van der Waals surface area contributed by atoms with E-state index in [4.69, 9.17) is 11.6 Å². The summed E-state index contributed by atoms with van der Waals surface area (Å²) in [4.78, 5) is 13.8. The van der Waals surface area contributed by atoms with E-state index in [-0.39, 0.29) is 22.5 Å². The van der Waals surface area contributed by atoms with Crippen LogP contribution < -0.4 is 5.32 Å². The smallest absolute Gasteiger partial charge is 0.256 e. The van der Waals surface area contributed by atoms with E-state index in [1.807, 2.05) is 7.05 Å². The zero-order valence-electron chi connectivity index (χ0n) is 9.84. The number of halogens is 3.